The van der Waals surface area contributed by atoms with Gasteiger partial charge >= 0.3 is 0 Å². The van der Waals surface area contributed by atoms with Crippen molar-refractivity contribution in [3.05, 3.63) is 35.7 Å². The van der Waals surface area contributed by atoms with Crippen molar-refractivity contribution in [2.75, 3.05) is 26.4 Å². The molecule has 0 radical (unpaired) electrons. The van der Waals surface area contributed by atoms with Crippen LogP contribution in [0.3, 0.4) is 0 Å². The van der Waals surface area contributed by atoms with E-state index in [-0.39, 0.29) is 12.5 Å². The van der Waals surface area contributed by atoms with E-state index in [1.165, 1.54) is 0 Å². The summed E-state index contributed by atoms with van der Waals surface area (Å²) in [6.45, 7) is 4.62. The topological polar surface area (TPSA) is 140 Å². The van der Waals surface area contributed by atoms with Gasteiger partial charge in [0.2, 0.25) is 5.91 Å². The summed E-state index contributed by atoms with van der Waals surface area (Å²) < 4.78 is 16.2. The number of carbonyl (C=O) groups is 1. The van der Waals surface area contributed by atoms with Crippen molar-refractivity contribution in [3.8, 4) is 0 Å². The van der Waals surface area contributed by atoms with Crippen LogP contribution in [0.25, 0.3) is 0 Å². The molecule has 192 valence electrons. The van der Waals surface area contributed by atoms with Gasteiger partial charge in [0.25, 0.3) is 0 Å². The van der Waals surface area contributed by atoms with Gasteiger partial charge in [0.05, 0.1) is 42.3 Å². The van der Waals surface area contributed by atoms with Crippen molar-refractivity contribution in [3.63, 3.8) is 0 Å². The van der Waals surface area contributed by atoms with Gasteiger partial charge in [0.15, 0.2) is 0 Å². The van der Waals surface area contributed by atoms with Gasteiger partial charge in [0.1, 0.15) is 30.1 Å². The first-order valence-electron chi connectivity index (χ1n) is 12.6. The molecule has 0 saturated heterocycles. The summed E-state index contributed by atoms with van der Waals surface area (Å²) in [7, 11) is 6.07. The number of amides is 1. The highest BCUT2D eigenvalue weighted by Crippen LogP contribution is 2.16. The first-order valence-corrected chi connectivity index (χ1v) is 12.6. The first-order chi connectivity index (χ1) is 17.5. The summed E-state index contributed by atoms with van der Waals surface area (Å²) in [5.41, 5.74) is 1.75. The summed E-state index contributed by atoms with van der Waals surface area (Å²) in [6, 6.07) is 0. The van der Waals surface area contributed by atoms with Crippen LogP contribution >= 0.6 is 0 Å². The van der Waals surface area contributed by atoms with E-state index < -0.39 is 5.54 Å². The molecule has 0 aromatic carbocycles. The molecule has 36 heavy (non-hydrogen) atoms. The molecule has 3 aromatic heterocycles. The van der Waals surface area contributed by atoms with Gasteiger partial charge < -0.3 is 14.8 Å². The van der Waals surface area contributed by atoms with E-state index in [1.807, 2.05) is 49.1 Å². The van der Waals surface area contributed by atoms with Crippen LogP contribution in [0.1, 0.15) is 30.4 Å². The minimum atomic E-state index is -0.859. The monoisotopic (exact) mass is 496 g/mol. The number of hydrogen-bond donors (Lipinski definition) is 1. The fraction of sp³-hybridized carbons (Fsp3) is 0.650. The average Bonchev–Trinajstić information content (AvgIpc) is 3.62. The zero-order chi connectivity index (χ0) is 25.8. The second kappa shape index (κ2) is 13.9. The summed E-state index contributed by atoms with van der Waals surface area (Å²) in [6.07, 6.45) is 8.69. The standard InChI is InChI=1S/C20H35B3N10O3/c1-2-35-4-3-5-36-12-19(34)24-20(13-31-9-16(6-21)25-28-31,14-32-10-17(7-22)26-29-32)15-33-11-18(8-23)27-30-33/h9-11H,2-8,12-15,21-23H2,1H3,(H,24,34). The minimum Gasteiger partial charge on any atom is -0.382 e. The second-order valence-electron chi connectivity index (χ2n) is 8.71. The molecule has 3 rings (SSSR count). The number of nitrogens with one attached hydrogen (secondary N) is 1. The number of carbonyl (C=O) groups excluding carboxylic acids is 1. The van der Waals surface area contributed by atoms with E-state index in [2.05, 4.69) is 36.3 Å². The molecule has 3 heterocycles. The quantitative estimate of drug-likeness (QED) is 0.149. The molecule has 0 aliphatic rings. The van der Waals surface area contributed by atoms with E-state index in [0.29, 0.717) is 39.5 Å². The normalized spacial score (nSPS) is 11.7. The number of nitrogens with zero attached hydrogens (tertiary/aromatic N) is 9. The Morgan fingerprint density at radius 2 is 1.28 bits per heavy atom. The van der Waals surface area contributed by atoms with Crippen LogP contribution in [0.2, 0.25) is 0 Å². The van der Waals surface area contributed by atoms with Crippen molar-refractivity contribution in [1.82, 2.24) is 50.3 Å². The fourth-order valence-corrected chi connectivity index (χ4v) is 3.84. The summed E-state index contributed by atoms with van der Waals surface area (Å²) >= 11 is 0. The van der Waals surface area contributed by atoms with E-state index >= 15 is 0 Å². The van der Waals surface area contributed by atoms with Crippen LogP contribution in [0.4, 0.5) is 0 Å². The minimum absolute atomic E-state index is 0.0689. The Hall–Kier alpha value is -3.00. The van der Waals surface area contributed by atoms with Gasteiger partial charge in [0, 0.05) is 38.4 Å². The molecule has 13 nitrogen and oxygen atoms in total. The molecule has 0 aliphatic carbocycles. The van der Waals surface area contributed by atoms with Crippen LogP contribution in [0.5, 0.6) is 0 Å². The highest BCUT2D eigenvalue weighted by atomic mass is 16.5. The molecule has 0 fully saturated rings. The molecular formula is C20H35B3N10O3. The lowest BCUT2D eigenvalue weighted by Crippen LogP contribution is -2.58. The summed E-state index contributed by atoms with van der Waals surface area (Å²) in [5, 5.41) is 28.7. The third-order valence-electron chi connectivity index (χ3n) is 5.66. The lowest BCUT2D eigenvalue weighted by Gasteiger charge is -2.34. The van der Waals surface area contributed by atoms with E-state index in [1.54, 1.807) is 14.0 Å². The van der Waals surface area contributed by atoms with Crippen LogP contribution < -0.4 is 5.32 Å². The number of ether oxygens (including phenoxy) is 2. The maximum Gasteiger partial charge on any atom is 0.246 e. The Bertz CT molecular complexity index is 965. The highest BCUT2D eigenvalue weighted by Gasteiger charge is 2.36. The number of hydrogen-bond acceptors (Lipinski definition) is 9. The third kappa shape index (κ3) is 8.30. The summed E-state index contributed by atoms with van der Waals surface area (Å²) in [5.74, 6) is -0.242. The van der Waals surface area contributed by atoms with Gasteiger partial charge in [-0.3, -0.25) is 4.79 Å². The largest absolute Gasteiger partial charge is 0.382 e. The Kier molecular flexibility index (Phi) is 10.7. The molecule has 0 spiro atoms. The molecule has 0 atom stereocenters. The lowest BCUT2D eigenvalue weighted by atomic mass is 9.98. The maximum absolute atomic E-state index is 13.1. The zero-order valence-corrected chi connectivity index (χ0v) is 21.8. The van der Waals surface area contributed by atoms with Crippen LogP contribution in [0.15, 0.2) is 18.6 Å². The summed E-state index contributed by atoms with van der Waals surface area (Å²) in [4.78, 5) is 13.1. The van der Waals surface area contributed by atoms with Crippen molar-refractivity contribution >= 4 is 29.4 Å². The van der Waals surface area contributed by atoms with Gasteiger partial charge in [-0.15, -0.1) is 15.3 Å². The van der Waals surface area contributed by atoms with Crippen molar-refractivity contribution in [2.45, 2.75) is 57.5 Å². The lowest BCUT2D eigenvalue weighted by molar-refractivity contribution is -0.128. The molecule has 0 bridgehead atoms. The predicted molar refractivity (Wildman–Crippen MR) is 140 cm³/mol. The van der Waals surface area contributed by atoms with E-state index in [4.69, 9.17) is 9.47 Å². The second-order valence-corrected chi connectivity index (χ2v) is 8.71. The predicted octanol–water partition coefficient (Wildman–Crippen LogP) is -3.44. The third-order valence-corrected chi connectivity index (χ3v) is 5.66. The molecule has 0 unspecified atom stereocenters. The fourth-order valence-electron chi connectivity index (χ4n) is 3.84. The molecular weight excluding hydrogens is 461 g/mol. The van der Waals surface area contributed by atoms with Gasteiger partial charge in [-0.25, -0.2) is 14.0 Å². The maximum atomic E-state index is 13.1. The Morgan fingerprint density at radius 1 is 0.833 bits per heavy atom. The molecule has 3 aromatic rings. The van der Waals surface area contributed by atoms with E-state index in [9.17, 15) is 4.79 Å². The van der Waals surface area contributed by atoms with Crippen molar-refractivity contribution in [2.24, 2.45) is 0 Å². The first kappa shape index (κ1) is 27.6. The number of rotatable bonds is 17. The van der Waals surface area contributed by atoms with E-state index in [0.717, 1.165) is 42.5 Å². The Morgan fingerprint density at radius 3 is 1.67 bits per heavy atom. The van der Waals surface area contributed by atoms with Gasteiger partial charge in [-0.1, -0.05) is 15.6 Å². The smallest absolute Gasteiger partial charge is 0.246 e. The molecule has 0 aliphatic heterocycles. The number of aromatic nitrogens is 9. The molecule has 16 heteroatoms. The van der Waals surface area contributed by atoms with Crippen molar-refractivity contribution in [1.29, 1.82) is 0 Å². The van der Waals surface area contributed by atoms with Gasteiger partial charge in [-0.05, 0) is 32.3 Å². The molecule has 1 N–H and O–H groups in total. The Balaban J connectivity index is 1.84. The highest BCUT2D eigenvalue weighted by molar-refractivity contribution is 6.08. The van der Waals surface area contributed by atoms with Crippen molar-refractivity contribution < 1.29 is 14.3 Å². The molecule has 1 amide bonds. The Labute approximate surface area is 213 Å². The SMILES string of the molecule is BCc1cn(CC(Cn2cc(CB)nn2)(Cn2cc(CB)nn2)NC(=O)COCCCOCC)nn1. The molecule has 0 saturated carbocycles. The van der Waals surface area contributed by atoms with Crippen LogP contribution in [0, 0.1) is 0 Å². The average molecular weight is 496 g/mol. The van der Waals surface area contributed by atoms with Crippen LogP contribution in [-0.2, 0) is 52.9 Å². The zero-order valence-electron chi connectivity index (χ0n) is 21.8. The van der Waals surface area contributed by atoms with Crippen LogP contribution in [-0.4, -0.2) is 106 Å². The van der Waals surface area contributed by atoms with Gasteiger partial charge in [-0.2, -0.15) is 0 Å².